The van der Waals surface area contributed by atoms with Crippen LogP contribution in [0, 0.1) is 0 Å². The van der Waals surface area contributed by atoms with E-state index in [9.17, 15) is 4.79 Å². The smallest absolute Gasteiger partial charge is 0.259 e. The summed E-state index contributed by atoms with van der Waals surface area (Å²) in [5, 5.41) is 7.59. The van der Waals surface area contributed by atoms with Gasteiger partial charge in [0.2, 0.25) is 0 Å². The van der Waals surface area contributed by atoms with E-state index in [2.05, 4.69) is 20.4 Å². The van der Waals surface area contributed by atoms with Gasteiger partial charge in [-0.05, 0) is 30.3 Å². The van der Waals surface area contributed by atoms with Crippen molar-refractivity contribution >= 4 is 40.2 Å². The minimum absolute atomic E-state index is 0.182. The van der Waals surface area contributed by atoms with E-state index in [1.807, 2.05) is 13.1 Å². The molecule has 0 radical (unpaired) electrons. The maximum absolute atomic E-state index is 13.0. The molecular formula is C20H18ClN7O. The van der Waals surface area contributed by atoms with Crippen LogP contribution >= 0.6 is 11.6 Å². The zero-order valence-corrected chi connectivity index (χ0v) is 16.6. The summed E-state index contributed by atoms with van der Waals surface area (Å²) >= 11 is 5.92. The number of carbonyl (C=O) groups excluding carboxylic acids is 1. The predicted octanol–water partition coefficient (Wildman–Crippen LogP) is 3.35. The highest BCUT2D eigenvalue weighted by atomic mass is 35.5. The number of hydrogen-bond donors (Lipinski definition) is 2. The van der Waals surface area contributed by atoms with Crippen LogP contribution in [0.5, 0.6) is 0 Å². The summed E-state index contributed by atoms with van der Waals surface area (Å²) in [6, 6.07) is 8.89. The van der Waals surface area contributed by atoms with E-state index in [-0.39, 0.29) is 11.1 Å². The number of nitrogens with one attached hydrogen (secondary N) is 1. The summed E-state index contributed by atoms with van der Waals surface area (Å²) in [6.45, 7) is 0. The Morgan fingerprint density at radius 1 is 1.17 bits per heavy atom. The lowest BCUT2D eigenvalue weighted by Gasteiger charge is -2.16. The van der Waals surface area contributed by atoms with Gasteiger partial charge in [-0.1, -0.05) is 11.6 Å². The van der Waals surface area contributed by atoms with Crippen molar-refractivity contribution in [3.63, 3.8) is 0 Å². The number of nitrogen functional groups attached to an aromatic ring is 1. The largest absolute Gasteiger partial charge is 0.396 e. The van der Waals surface area contributed by atoms with Crippen molar-refractivity contribution in [3.8, 4) is 11.1 Å². The van der Waals surface area contributed by atoms with Gasteiger partial charge >= 0.3 is 0 Å². The SMILES string of the molecule is CNc1ccc(N(C)C(=O)c2ccn3ncc(-c4cnc(Cl)c(N)c4)c3c2)nc1. The minimum Gasteiger partial charge on any atom is -0.396 e. The molecule has 9 heteroatoms. The molecule has 4 aromatic heterocycles. The van der Waals surface area contributed by atoms with Crippen LogP contribution in [0.2, 0.25) is 5.15 Å². The Morgan fingerprint density at radius 3 is 2.69 bits per heavy atom. The second-order valence-corrected chi connectivity index (χ2v) is 6.78. The predicted molar refractivity (Wildman–Crippen MR) is 114 cm³/mol. The van der Waals surface area contributed by atoms with E-state index in [1.54, 1.807) is 60.6 Å². The van der Waals surface area contributed by atoms with Crippen molar-refractivity contribution in [2.45, 2.75) is 0 Å². The van der Waals surface area contributed by atoms with Gasteiger partial charge in [0.15, 0.2) is 5.15 Å². The normalized spacial score (nSPS) is 10.9. The highest BCUT2D eigenvalue weighted by molar-refractivity contribution is 6.31. The van der Waals surface area contributed by atoms with Gasteiger partial charge in [0.1, 0.15) is 5.82 Å². The van der Waals surface area contributed by atoms with Crippen molar-refractivity contribution in [1.82, 2.24) is 19.6 Å². The minimum atomic E-state index is -0.182. The molecule has 0 aliphatic carbocycles. The fourth-order valence-corrected chi connectivity index (χ4v) is 3.08. The van der Waals surface area contributed by atoms with Gasteiger partial charge in [0, 0.05) is 43.2 Å². The summed E-state index contributed by atoms with van der Waals surface area (Å²) in [5.74, 6) is 0.371. The average Bonchev–Trinajstić information content (AvgIpc) is 3.18. The number of nitrogens with two attached hydrogens (primary N) is 1. The number of fused-ring (bicyclic) bond motifs is 1. The highest BCUT2D eigenvalue weighted by Gasteiger charge is 2.17. The van der Waals surface area contributed by atoms with Gasteiger partial charge in [-0.25, -0.2) is 14.5 Å². The highest BCUT2D eigenvalue weighted by Crippen LogP contribution is 2.28. The molecule has 4 aromatic rings. The average molecular weight is 408 g/mol. The third-order valence-electron chi connectivity index (χ3n) is 4.63. The van der Waals surface area contributed by atoms with E-state index >= 15 is 0 Å². The maximum Gasteiger partial charge on any atom is 0.259 e. The molecule has 4 rings (SSSR count). The Kier molecular flexibility index (Phi) is 4.77. The molecule has 0 bridgehead atoms. The molecule has 0 saturated carbocycles. The van der Waals surface area contributed by atoms with Gasteiger partial charge in [0.05, 0.1) is 29.3 Å². The lowest BCUT2D eigenvalue weighted by Crippen LogP contribution is -2.27. The van der Waals surface area contributed by atoms with Crippen molar-refractivity contribution in [1.29, 1.82) is 0 Å². The molecule has 0 unspecified atom stereocenters. The van der Waals surface area contributed by atoms with E-state index < -0.39 is 0 Å². The molecule has 0 aliphatic heterocycles. The number of rotatable bonds is 4. The van der Waals surface area contributed by atoms with Crippen molar-refractivity contribution in [2.75, 3.05) is 30.0 Å². The van der Waals surface area contributed by atoms with Crippen LogP contribution in [-0.4, -0.2) is 39.6 Å². The van der Waals surface area contributed by atoms with Crippen LogP contribution in [0.3, 0.4) is 0 Å². The second kappa shape index (κ2) is 7.40. The molecule has 0 spiro atoms. The van der Waals surface area contributed by atoms with Crippen LogP contribution in [0.25, 0.3) is 16.6 Å². The first-order valence-corrected chi connectivity index (χ1v) is 9.16. The number of amides is 1. The number of halogens is 1. The van der Waals surface area contributed by atoms with Crippen molar-refractivity contribution < 1.29 is 4.79 Å². The standard InChI is InChI=1S/C20H18ClN7O/c1-23-14-3-4-18(24-10-14)27(2)20(29)12-5-6-28-17(8-12)15(11-26-28)13-7-16(22)19(21)25-9-13/h3-11,23H,22H2,1-2H3. The Morgan fingerprint density at radius 2 is 2.00 bits per heavy atom. The number of hydrogen-bond acceptors (Lipinski definition) is 6. The molecule has 3 N–H and O–H groups in total. The number of pyridine rings is 3. The molecule has 0 aliphatic rings. The van der Waals surface area contributed by atoms with Crippen LogP contribution in [0.4, 0.5) is 17.2 Å². The van der Waals surface area contributed by atoms with E-state index in [0.717, 1.165) is 22.3 Å². The molecule has 0 fully saturated rings. The van der Waals surface area contributed by atoms with E-state index in [4.69, 9.17) is 17.3 Å². The molecule has 8 nitrogen and oxygen atoms in total. The van der Waals surface area contributed by atoms with E-state index in [0.29, 0.717) is 17.1 Å². The Bertz CT molecular complexity index is 1200. The van der Waals surface area contributed by atoms with Crippen LogP contribution in [0.1, 0.15) is 10.4 Å². The van der Waals surface area contributed by atoms with Crippen molar-refractivity contribution in [3.05, 3.63) is 65.8 Å². The zero-order chi connectivity index (χ0) is 20.5. The van der Waals surface area contributed by atoms with Gasteiger partial charge in [-0.15, -0.1) is 0 Å². The monoisotopic (exact) mass is 407 g/mol. The lowest BCUT2D eigenvalue weighted by molar-refractivity contribution is 0.0992. The Labute approximate surface area is 172 Å². The summed E-state index contributed by atoms with van der Waals surface area (Å²) in [5.41, 5.74) is 9.97. The molecular weight excluding hydrogens is 390 g/mol. The molecule has 146 valence electrons. The molecule has 0 saturated heterocycles. The first-order chi connectivity index (χ1) is 14.0. The summed E-state index contributed by atoms with van der Waals surface area (Å²) in [6.07, 6.45) is 6.75. The van der Waals surface area contributed by atoms with Crippen LogP contribution in [-0.2, 0) is 0 Å². The van der Waals surface area contributed by atoms with Crippen LogP contribution in [0.15, 0.2) is 55.1 Å². The number of nitrogens with zero attached hydrogens (tertiary/aromatic N) is 5. The molecule has 29 heavy (non-hydrogen) atoms. The maximum atomic E-state index is 13.0. The number of aromatic nitrogens is 4. The Balaban J connectivity index is 1.70. The third-order valence-corrected chi connectivity index (χ3v) is 4.95. The van der Waals surface area contributed by atoms with E-state index in [1.165, 1.54) is 4.90 Å². The topological polar surface area (TPSA) is 101 Å². The second-order valence-electron chi connectivity index (χ2n) is 6.43. The van der Waals surface area contributed by atoms with Gasteiger partial charge in [-0.2, -0.15) is 5.10 Å². The zero-order valence-electron chi connectivity index (χ0n) is 15.8. The summed E-state index contributed by atoms with van der Waals surface area (Å²) in [7, 11) is 3.50. The first-order valence-electron chi connectivity index (χ1n) is 8.78. The number of carbonyl (C=O) groups is 1. The molecule has 0 aromatic carbocycles. The summed E-state index contributed by atoms with van der Waals surface area (Å²) in [4.78, 5) is 22.9. The van der Waals surface area contributed by atoms with Gasteiger partial charge in [0.25, 0.3) is 5.91 Å². The first kappa shape index (κ1) is 18.7. The number of anilines is 3. The quantitative estimate of drug-likeness (QED) is 0.503. The fraction of sp³-hybridized carbons (Fsp3) is 0.100. The molecule has 1 amide bonds. The van der Waals surface area contributed by atoms with Crippen molar-refractivity contribution in [2.24, 2.45) is 0 Å². The lowest BCUT2D eigenvalue weighted by atomic mass is 10.1. The van der Waals surface area contributed by atoms with Gasteiger partial charge < -0.3 is 11.1 Å². The van der Waals surface area contributed by atoms with Crippen LogP contribution < -0.4 is 16.0 Å². The molecule has 4 heterocycles. The fourth-order valence-electron chi connectivity index (χ4n) is 2.98. The summed E-state index contributed by atoms with van der Waals surface area (Å²) < 4.78 is 1.69. The third kappa shape index (κ3) is 3.45. The molecule has 0 atom stereocenters. The van der Waals surface area contributed by atoms with Gasteiger partial charge in [-0.3, -0.25) is 9.69 Å². The Hall–Kier alpha value is -3.65.